The number of hydrogen-bond donors (Lipinski definition) is 1. The number of aromatic nitrogens is 1. The molecule has 25 heavy (non-hydrogen) atoms. The molecule has 0 spiro atoms. The van der Waals surface area contributed by atoms with Gasteiger partial charge >= 0.3 is 0 Å². The highest BCUT2D eigenvalue weighted by molar-refractivity contribution is 5.95. The molecule has 1 fully saturated rings. The minimum absolute atomic E-state index is 0.199. The Morgan fingerprint density at radius 2 is 2.00 bits per heavy atom. The largest absolute Gasteiger partial charge is 0.360 e. The fourth-order valence-corrected chi connectivity index (χ4v) is 4.07. The van der Waals surface area contributed by atoms with E-state index in [1.165, 1.54) is 48.4 Å². The van der Waals surface area contributed by atoms with Gasteiger partial charge in [0.15, 0.2) is 0 Å². The second-order valence-corrected chi connectivity index (χ2v) is 7.74. The van der Waals surface area contributed by atoms with Crippen LogP contribution in [0.2, 0.25) is 0 Å². The average Bonchev–Trinajstić information content (AvgIpc) is 2.95. The number of fused-ring (bicyclic) bond motifs is 1. The van der Waals surface area contributed by atoms with Crippen molar-refractivity contribution in [3.05, 3.63) is 59.5 Å². The van der Waals surface area contributed by atoms with Crippen LogP contribution < -0.4 is 0 Å². The molecule has 3 aromatic rings. The van der Waals surface area contributed by atoms with Crippen LogP contribution in [0.1, 0.15) is 43.7 Å². The third-order valence-corrected chi connectivity index (χ3v) is 6.13. The van der Waals surface area contributed by atoms with E-state index in [1.54, 1.807) is 6.07 Å². The standard InChI is InChI=1S/C23H26FN/c1-15(17-4-3-5-17)6-8-18-12-19(9-7-16(18)2)22-14-25-23-13-20(24)10-11-21(22)23/h7,9-15,17,25H,3-6,8H2,1-2H3. The molecule has 0 aliphatic heterocycles. The molecule has 1 atom stereocenters. The fourth-order valence-electron chi connectivity index (χ4n) is 4.07. The molecule has 130 valence electrons. The quantitative estimate of drug-likeness (QED) is 0.537. The Hall–Kier alpha value is -2.09. The summed E-state index contributed by atoms with van der Waals surface area (Å²) < 4.78 is 13.4. The Kier molecular flexibility index (Phi) is 4.37. The molecule has 1 aliphatic rings. The lowest BCUT2D eigenvalue weighted by Gasteiger charge is -2.31. The number of aromatic amines is 1. The number of benzene rings is 2. The van der Waals surface area contributed by atoms with E-state index in [4.69, 9.17) is 0 Å². The van der Waals surface area contributed by atoms with Crippen LogP contribution in [0, 0.1) is 24.6 Å². The van der Waals surface area contributed by atoms with Crippen LogP contribution in [0.5, 0.6) is 0 Å². The molecule has 0 saturated heterocycles. The van der Waals surface area contributed by atoms with Gasteiger partial charge in [-0.05, 0) is 66.5 Å². The number of aryl methyl sites for hydroxylation is 2. The predicted octanol–water partition coefficient (Wildman–Crippen LogP) is 6.65. The fraction of sp³-hybridized carbons (Fsp3) is 0.391. The average molecular weight is 335 g/mol. The van der Waals surface area contributed by atoms with Gasteiger partial charge in [-0.25, -0.2) is 4.39 Å². The van der Waals surface area contributed by atoms with Crippen molar-refractivity contribution in [1.29, 1.82) is 0 Å². The topological polar surface area (TPSA) is 15.8 Å². The van der Waals surface area contributed by atoms with E-state index >= 15 is 0 Å². The molecule has 1 saturated carbocycles. The van der Waals surface area contributed by atoms with Crippen LogP contribution in [0.15, 0.2) is 42.6 Å². The second kappa shape index (κ2) is 6.67. The molecule has 1 heterocycles. The van der Waals surface area contributed by atoms with Crippen molar-refractivity contribution in [3.8, 4) is 11.1 Å². The SMILES string of the molecule is Cc1ccc(-c2c[nH]c3cc(F)ccc23)cc1CCC(C)C1CCC1. The third-order valence-electron chi connectivity index (χ3n) is 6.13. The van der Waals surface area contributed by atoms with E-state index in [9.17, 15) is 4.39 Å². The van der Waals surface area contributed by atoms with Gasteiger partial charge in [-0.3, -0.25) is 0 Å². The molecule has 1 aromatic heterocycles. The molecule has 1 aliphatic carbocycles. The predicted molar refractivity (Wildman–Crippen MR) is 103 cm³/mol. The zero-order valence-corrected chi connectivity index (χ0v) is 15.1. The summed E-state index contributed by atoms with van der Waals surface area (Å²) in [5, 5.41) is 1.08. The van der Waals surface area contributed by atoms with Crippen LogP contribution in [0.25, 0.3) is 22.0 Å². The van der Waals surface area contributed by atoms with E-state index in [1.807, 2.05) is 12.3 Å². The van der Waals surface area contributed by atoms with Crippen LogP contribution in [-0.2, 0) is 6.42 Å². The van der Waals surface area contributed by atoms with E-state index in [2.05, 4.69) is 37.0 Å². The first-order valence-corrected chi connectivity index (χ1v) is 9.48. The Morgan fingerprint density at radius 3 is 2.76 bits per heavy atom. The summed E-state index contributed by atoms with van der Waals surface area (Å²) in [5.74, 6) is 1.58. The van der Waals surface area contributed by atoms with Crippen molar-refractivity contribution in [3.63, 3.8) is 0 Å². The Bertz CT molecular complexity index is 888. The van der Waals surface area contributed by atoms with Crippen molar-refractivity contribution in [2.45, 2.75) is 46.0 Å². The van der Waals surface area contributed by atoms with Gasteiger partial charge in [-0.15, -0.1) is 0 Å². The molecular weight excluding hydrogens is 309 g/mol. The van der Waals surface area contributed by atoms with Gasteiger partial charge in [0.25, 0.3) is 0 Å². The Balaban J connectivity index is 1.59. The Morgan fingerprint density at radius 1 is 1.16 bits per heavy atom. The molecule has 1 nitrogen and oxygen atoms in total. The van der Waals surface area contributed by atoms with Crippen molar-refractivity contribution in [2.75, 3.05) is 0 Å². The number of H-pyrrole nitrogens is 1. The van der Waals surface area contributed by atoms with Crippen molar-refractivity contribution >= 4 is 10.9 Å². The summed E-state index contributed by atoms with van der Waals surface area (Å²) in [6.07, 6.45) is 8.68. The highest BCUT2D eigenvalue weighted by atomic mass is 19.1. The lowest BCUT2D eigenvalue weighted by Crippen LogP contribution is -2.20. The molecule has 4 rings (SSSR count). The first-order valence-electron chi connectivity index (χ1n) is 9.48. The maximum absolute atomic E-state index is 13.4. The van der Waals surface area contributed by atoms with E-state index < -0.39 is 0 Å². The number of nitrogens with one attached hydrogen (secondary N) is 1. The highest BCUT2D eigenvalue weighted by Crippen LogP contribution is 2.36. The lowest BCUT2D eigenvalue weighted by molar-refractivity contribution is 0.211. The minimum atomic E-state index is -0.199. The first kappa shape index (κ1) is 16.4. The molecule has 0 bridgehead atoms. The van der Waals surface area contributed by atoms with Gasteiger partial charge in [-0.2, -0.15) is 0 Å². The van der Waals surface area contributed by atoms with Crippen molar-refractivity contribution in [1.82, 2.24) is 4.98 Å². The highest BCUT2D eigenvalue weighted by Gasteiger charge is 2.23. The van der Waals surface area contributed by atoms with Crippen LogP contribution in [-0.4, -0.2) is 4.98 Å². The van der Waals surface area contributed by atoms with Crippen molar-refractivity contribution in [2.24, 2.45) is 11.8 Å². The third kappa shape index (κ3) is 3.22. The van der Waals surface area contributed by atoms with E-state index in [0.29, 0.717) is 0 Å². The van der Waals surface area contributed by atoms with E-state index in [-0.39, 0.29) is 5.82 Å². The zero-order chi connectivity index (χ0) is 17.4. The molecular formula is C23H26FN. The van der Waals surface area contributed by atoms with Crippen molar-refractivity contribution < 1.29 is 4.39 Å². The lowest BCUT2D eigenvalue weighted by atomic mass is 9.74. The summed E-state index contributed by atoms with van der Waals surface area (Å²) in [7, 11) is 0. The van der Waals surface area contributed by atoms with Crippen LogP contribution >= 0.6 is 0 Å². The summed E-state index contributed by atoms with van der Waals surface area (Å²) in [5.41, 5.74) is 6.05. The maximum Gasteiger partial charge on any atom is 0.125 e. The molecule has 1 unspecified atom stereocenters. The summed E-state index contributed by atoms with van der Waals surface area (Å²) >= 11 is 0. The molecule has 0 radical (unpaired) electrons. The van der Waals surface area contributed by atoms with Crippen LogP contribution in [0.3, 0.4) is 0 Å². The zero-order valence-electron chi connectivity index (χ0n) is 15.1. The van der Waals surface area contributed by atoms with Crippen LogP contribution in [0.4, 0.5) is 4.39 Å². The van der Waals surface area contributed by atoms with Gasteiger partial charge in [0.05, 0.1) is 0 Å². The molecule has 2 heteroatoms. The summed E-state index contributed by atoms with van der Waals surface area (Å²) in [6, 6.07) is 11.7. The van der Waals surface area contributed by atoms with E-state index in [0.717, 1.165) is 34.7 Å². The monoisotopic (exact) mass is 335 g/mol. The summed E-state index contributed by atoms with van der Waals surface area (Å²) in [4.78, 5) is 3.20. The normalized spacial score (nSPS) is 16.1. The number of halogens is 1. The maximum atomic E-state index is 13.4. The van der Waals surface area contributed by atoms with Gasteiger partial charge in [0.1, 0.15) is 5.82 Å². The smallest absolute Gasteiger partial charge is 0.125 e. The van der Waals surface area contributed by atoms with Gasteiger partial charge < -0.3 is 4.98 Å². The molecule has 1 N–H and O–H groups in total. The first-order chi connectivity index (χ1) is 12.1. The number of rotatable bonds is 5. The second-order valence-electron chi connectivity index (χ2n) is 7.74. The molecule has 0 amide bonds. The van der Waals surface area contributed by atoms with Gasteiger partial charge in [0, 0.05) is 22.7 Å². The van der Waals surface area contributed by atoms with Gasteiger partial charge in [0.2, 0.25) is 0 Å². The van der Waals surface area contributed by atoms with Gasteiger partial charge in [-0.1, -0.05) is 44.4 Å². The molecule has 2 aromatic carbocycles. The summed E-state index contributed by atoms with van der Waals surface area (Å²) in [6.45, 7) is 4.62. The minimum Gasteiger partial charge on any atom is -0.360 e. The number of hydrogen-bond acceptors (Lipinski definition) is 0. The Labute approximate surface area is 149 Å².